The molecule has 0 amide bonds. The first-order valence-electron chi connectivity index (χ1n) is 5.31. The van der Waals surface area contributed by atoms with E-state index in [0.29, 0.717) is 17.4 Å². The van der Waals surface area contributed by atoms with Gasteiger partial charge in [-0.1, -0.05) is 0 Å². The van der Waals surface area contributed by atoms with E-state index in [1.807, 2.05) is 0 Å². The van der Waals surface area contributed by atoms with Crippen LogP contribution in [0.25, 0.3) is 0 Å². The number of aryl methyl sites for hydroxylation is 1. The number of rotatable bonds is 5. The predicted octanol–water partition coefficient (Wildman–Crippen LogP) is 1.28. The van der Waals surface area contributed by atoms with Crippen LogP contribution in [0.5, 0.6) is 0 Å². The highest BCUT2D eigenvalue weighted by molar-refractivity contribution is 9.10. The second-order valence-corrected chi connectivity index (χ2v) is 6.20. The monoisotopic (exact) mass is 349 g/mol. The van der Waals surface area contributed by atoms with Crippen molar-refractivity contribution in [2.24, 2.45) is 5.73 Å². The maximum atomic E-state index is 12.1. The Hall–Kier alpha value is -1.16. The van der Waals surface area contributed by atoms with E-state index in [4.69, 9.17) is 14.6 Å². The number of hydrogen-bond acceptors (Lipinski definition) is 6. The maximum absolute atomic E-state index is 12.1. The van der Waals surface area contributed by atoms with Gasteiger partial charge in [0, 0.05) is 6.07 Å². The number of oxazole rings is 1. The van der Waals surface area contributed by atoms with Gasteiger partial charge in [-0.25, -0.2) is 18.1 Å². The number of halogens is 1. The number of hydrogen-bond donors (Lipinski definition) is 2. The van der Waals surface area contributed by atoms with Crippen LogP contribution in [-0.2, 0) is 23.1 Å². The molecule has 7 nitrogen and oxygen atoms in total. The standard InChI is InChI=1S/C10H12BrN3O4S/c1-6-4-13-9(17-6)5-14-19(15,16)8-2-7(3-12)18-10(8)11/h2,4,14H,3,5,12H2,1H3. The molecule has 0 unspecified atom stereocenters. The van der Waals surface area contributed by atoms with Crippen LogP contribution in [0, 0.1) is 6.92 Å². The third kappa shape index (κ3) is 3.24. The molecule has 0 radical (unpaired) electrons. The van der Waals surface area contributed by atoms with Gasteiger partial charge in [0.05, 0.1) is 19.3 Å². The van der Waals surface area contributed by atoms with Crippen LogP contribution in [0.2, 0.25) is 0 Å². The molecule has 0 aliphatic rings. The first kappa shape index (κ1) is 14.3. The Labute approximate surface area is 118 Å². The fraction of sp³-hybridized carbons (Fsp3) is 0.300. The van der Waals surface area contributed by atoms with E-state index in [1.165, 1.54) is 12.3 Å². The van der Waals surface area contributed by atoms with E-state index >= 15 is 0 Å². The molecule has 0 spiro atoms. The summed E-state index contributed by atoms with van der Waals surface area (Å²) in [6.07, 6.45) is 1.52. The minimum absolute atomic E-state index is 0.00349. The zero-order valence-corrected chi connectivity index (χ0v) is 12.4. The smallest absolute Gasteiger partial charge is 0.245 e. The molecule has 0 saturated carbocycles. The summed E-state index contributed by atoms with van der Waals surface area (Å²) < 4.78 is 36.9. The average molecular weight is 350 g/mol. The van der Waals surface area contributed by atoms with Crippen LogP contribution in [0.3, 0.4) is 0 Å². The van der Waals surface area contributed by atoms with Crippen LogP contribution in [0.4, 0.5) is 0 Å². The Bertz CT molecular complexity index is 677. The molecule has 0 aliphatic carbocycles. The molecule has 9 heteroatoms. The molecular weight excluding hydrogens is 338 g/mol. The number of furan rings is 1. The first-order valence-corrected chi connectivity index (χ1v) is 7.59. The van der Waals surface area contributed by atoms with Gasteiger partial charge in [0.25, 0.3) is 0 Å². The van der Waals surface area contributed by atoms with Gasteiger partial charge in [-0.2, -0.15) is 0 Å². The second-order valence-electron chi connectivity index (χ2n) is 3.74. The van der Waals surface area contributed by atoms with Gasteiger partial charge in [0.15, 0.2) is 4.67 Å². The Morgan fingerprint density at radius 1 is 1.47 bits per heavy atom. The SMILES string of the molecule is Cc1cnc(CNS(=O)(=O)c2cc(CN)oc2Br)o1. The Kier molecular flexibility index (Phi) is 4.09. The van der Waals surface area contributed by atoms with E-state index < -0.39 is 10.0 Å². The molecule has 3 N–H and O–H groups in total. The molecule has 0 bridgehead atoms. The summed E-state index contributed by atoms with van der Waals surface area (Å²) in [7, 11) is -3.72. The fourth-order valence-electron chi connectivity index (χ4n) is 1.40. The molecule has 0 aromatic carbocycles. The fourth-order valence-corrected chi connectivity index (χ4v) is 3.37. The number of nitrogens with two attached hydrogens (primary N) is 1. The van der Waals surface area contributed by atoms with Crippen molar-refractivity contribution < 1.29 is 17.3 Å². The van der Waals surface area contributed by atoms with Crippen molar-refractivity contribution >= 4 is 26.0 Å². The molecule has 2 heterocycles. The topological polar surface area (TPSA) is 111 Å². The van der Waals surface area contributed by atoms with Gasteiger partial charge in [-0.15, -0.1) is 0 Å². The van der Waals surface area contributed by atoms with Crippen molar-refractivity contribution in [1.82, 2.24) is 9.71 Å². The third-order valence-electron chi connectivity index (χ3n) is 2.28. The number of nitrogens with zero attached hydrogens (tertiary/aromatic N) is 1. The molecule has 0 atom stereocenters. The minimum Gasteiger partial charge on any atom is -0.452 e. The molecule has 0 aliphatic heterocycles. The van der Waals surface area contributed by atoms with Gasteiger partial charge in [0.1, 0.15) is 16.4 Å². The summed E-state index contributed by atoms with van der Waals surface area (Å²) >= 11 is 3.04. The lowest BCUT2D eigenvalue weighted by Crippen LogP contribution is -2.23. The highest BCUT2D eigenvalue weighted by atomic mass is 79.9. The summed E-state index contributed by atoms with van der Waals surface area (Å²) in [5.74, 6) is 1.28. The number of nitrogens with one attached hydrogen (secondary N) is 1. The maximum Gasteiger partial charge on any atom is 0.245 e. The van der Waals surface area contributed by atoms with Crippen molar-refractivity contribution in [2.45, 2.75) is 24.9 Å². The quantitative estimate of drug-likeness (QED) is 0.840. The second kappa shape index (κ2) is 5.45. The molecule has 2 rings (SSSR count). The van der Waals surface area contributed by atoms with Gasteiger partial charge in [-0.3, -0.25) is 0 Å². The Morgan fingerprint density at radius 2 is 2.21 bits per heavy atom. The summed E-state index contributed by atoms with van der Waals surface area (Å²) in [5.41, 5.74) is 5.39. The molecule has 2 aromatic heterocycles. The first-order chi connectivity index (χ1) is 8.92. The third-order valence-corrected chi connectivity index (χ3v) is 4.54. The van der Waals surface area contributed by atoms with Gasteiger partial charge >= 0.3 is 0 Å². The van der Waals surface area contributed by atoms with Crippen molar-refractivity contribution in [3.63, 3.8) is 0 Å². The molecule has 104 valence electrons. The molecular formula is C10H12BrN3O4S. The number of sulfonamides is 1. The van der Waals surface area contributed by atoms with Crippen LogP contribution in [0.1, 0.15) is 17.4 Å². The van der Waals surface area contributed by atoms with Crippen LogP contribution < -0.4 is 10.5 Å². The molecule has 2 aromatic rings. The average Bonchev–Trinajstić information content (AvgIpc) is 2.93. The molecule has 0 saturated heterocycles. The summed E-state index contributed by atoms with van der Waals surface area (Å²) in [4.78, 5) is 3.90. The van der Waals surface area contributed by atoms with Crippen molar-refractivity contribution in [3.8, 4) is 0 Å². The van der Waals surface area contributed by atoms with E-state index in [9.17, 15) is 8.42 Å². The highest BCUT2D eigenvalue weighted by Crippen LogP contribution is 2.25. The largest absolute Gasteiger partial charge is 0.452 e. The number of aromatic nitrogens is 1. The van der Waals surface area contributed by atoms with Gasteiger partial charge < -0.3 is 14.6 Å². The Balaban J connectivity index is 2.15. The lowest BCUT2D eigenvalue weighted by molar-refractivity contribution is 0.462. The van der Waals surface area contributed by atoms with Gasteiger partial charge in [-0.05, 0) is 22.9 Å². The van der Waals surface area contributed by atoms with E-state index in [1.54, 1.807) is 6.92 Å². The van der Waals surface area contributed by atoms with Crippen LogP contribution in [-0.4, -0.2) is 13.4 Å². The Morgan fingerprint density at radius 3 is 2.74 bits per heavy atom. The normalized spacial score (nSPS) is 11.9. The van der Waals surface area contributed by atoms with E-state index in [0.717, 1.165) is 0 Å². The van der Waals surface area contributed by atoms with Crippen molar-refractivity contribution in [1.29, 1.82) is 0 Å². The summed E-state index contributed by atoms with van der Waals surface area (Å²) in [6.45, 7) is 1.81. The lowest BCUT2D eigenvalue weighted by atomic mass is 10.5. The lowest BCUT2D eigenvalue weighted by Gasteiger charge is -2.02. The van der Waals surface area contributed by atoms with E-state index in [2.05, 4.69) is 25.6 Å². The molecule has 0 fully saturated rings. The zero-order chi connectivity index (χ0) is 14.0. The van der Waals surface area contributed by atoms with Gasteiger partial charge in [0.2, 0.25) is 15.9 Å². The van der Waals surface area contributed by atoms with Crippen LogP contribution in [0.15, 0.2) is 30.7 Å². The summed E-state index contributed by atoms with van der Waals surface area (Å²) in [5, 5.41) is 0. The predicted molar refractivity (Wildman–Crippen MR) is 69.6 cm³/mol. The minimum atomic E-state index is -3.72. The van der Waals surface area contributed by atoms with Crippen molar-refractivity contribution in [2.75, 3.05) is 0 Å². The van der Waals surface area contributed by atoms with Crippen molar-refractivity contribution in [3.05, 3.63) is 34.3 Å². The van der Waals surface area contributed by atoms with Crippen LogP contribution >= 0.6 is 15.9 Å². The summed E-state index contributed by atoms with van der Waals surface area (Å²) in [6, 6.07) is 1.37. The molecule has 19 heavy (non-hydrogen) atoms. The zero-order valence-electron chi connectivity index (χ0n) is 10.0. The highest BCUT2D eigenvalue weighted by Gasteiger charge is 2.22. The van der Waals surface area contributed by atoms with E-state index in [-0.39, 0.29) is 22.7 Å².